The normalized spacial score (nSPS) is 7.94. The third-order valence-corrected chi connectivity index (χ3v) is 1.43. The van der Waals surface area contributed by atoms with Crippen molar-refractivity contribution in [2.75, 3.05) is 0 Å². The molecule has 0 bridgehead atoms. The maximum atomic E-state index is 8.11. The molecule has 0 amide bonds. The van der Waals surface area contributed by atoms with Gasteiger partial charge in [0.05, 0.1) is 0 Å². The molecule has 0 aliphatic heterocycles. The van der Waals surface area contributed by atoms with Crippen LogP contribution in [0.5, 0.6) is 0 Å². The van der Waals surface area contributed by atoms with E-state index in [-0.39, 0.29) is 0 Å². The van der Waals surface area contributed by atoms with Gasteiger partial charge in [-0.15, -0.1) is 0 Å². The molecule has 0 saturated carbocycles. The van der Waals surface area contributed by atoms with E-state index in [1.165, 1.54) is 6.96 Å². The first kappa shape index (κ1) is 16.9. The van der Waals surface area contributed by atoms with E-state index in [1.54, 1.807) is 33.5 Å². The van der Waals surface area contributed by atoms with Gasteiger partial charge in [0.2, 0.25) is 0 Å². The second-order valence-corrected chi connectivity index (χ2v) is 2.67. The van der Waals surface area contributed by atoms with Gasteiger partial charge in [0.15, 0.2) is 0 Å². The van der Waals surface area contributed by atoms with Crippen molar-refractivity contribution in [2.45, 2.75) is 0 Å². The summed E-state index contributed by atoms with van der Waals surface area (Å²) < 4.78 is 0. The Kier molecular flexibility index (Phi) is 15.9. The fourth-order valence-electron chi connectivity index (χ4n) is 0.761. The van der Waals surface area contributed by atoms with E-state index < -0.39 is 0 Å². The van der Waals surface area contributed by atoms with Crippen LogP contribution in [0.3, 0.4) is 0 Å². The van der Waals surface area contributed by atoms with Crippen LogP contribution < -0.4 is 0 Å². The van der Waals surface area contributed by atoms with Crippen molar-refractivity contribution < 1.29 is 0 Å². The van der Waals surface area contributed by atoms with E-state index in [2.05, 4.69) is 9.70 Å². The van der Waals surface area contributed by atoms with Crippen molar-refractivity contribution in [3.8, 4) is 6.19 Å². The van der Waals surface area contributed by atoms with Crippen molar-refractivity contribution in [3.63, 3.8) is 0 Å². The monoisotopic (exact) mass is 199 g/mol. The molecule has 0 aromatic heterocycles. The summed E-state index contributed by atoms with van der Waals surface area (Å²) >= 11 is 0. The van der Waals surface area contributed by atoms with Gasteiger partial charge in [-0.05, 0) is 0 Å². The third-order valence-electron chi connectivity index (χ3n) is 1.43. The molecule has 0 aromatic rings. The van der Waals surface area contributed by atoms with Gasteiger partial charge in [0.1, 0.15) is 0 Å². The van der Waals surface area contributed by atoms with Gasteiger partial charge < -0.3 is 0 Å². The number of hydrogen-bond donors (Lipinski definition) is 0. The predicted molar refractivity (Wildman–Crippen MR) is 88.1 cm³/mol. The molecule has 0 N–H and O–H groups in total. The molecule has 0 rings (SSSR count). The first-order valence-electron chi connectivity index (χ1n) is 5.13. The molecule has 0 aliphatic rings. The Morgan fingerprint density at radius 2 is 1.35 bits per heavy atom. The molecule has 0 fully saturated rings. The van der Waals surface area contributed by atoms with Crippen LogP contribution in [0, 0.1) is 11.5 Å². The molecule has 0 spiro atoms. The number of nitrogens with zero attached hydrogens (tertiary/aromatic N) is 3. The van der Waals surface area contributed by atoms with Gasteiger partial charge in [-0.3, -0.25) is 0 Å². The molecule has 3 nitrogen and oxygen atoms in total. The van der Waals surface area contributed by atoms with E-state index in [1.807, 2.05) is 54.6 Å². The van der Waals surface area contributed by atoms with E-state index in [4.69, 9.17) is 5.26 Å². The molecular formula is CH2B13N3. The van der Waals surface area contributed by atoms with E-state index in [9.17, 15) is 0 Å². The van der Waals surface area contributed by atoms with Gasteiger partial charge in [0.25, 0.3) is 0 Å². The first-order valence-corrected chi connectivity index (χ1v) is 5.13. The summed E-state index contributed by atoms with van der Waals surface area (Å²) in [5, 5.41) is 8.11. The van der Waals surface area contributed by atoms with Crippen LogP contribution in [-0.4, -0.2) is 88.8 Å². The van der Waals surface area contributed by atoms with E-state index in [0.717, 1.165) is 0 Å². The van der Waals surface area contributed by atoms with Crippen LogP contribution in [0.4, 0.5) is 0 Å². The molecule has 0 atom stereocenters. The van der Waals surface area contributed by atoms with Crippen LogP contribution in [-0.2, 0) is 0 Å². The summed E-state index contributed by atoms with van der Waals surface area (Å²) in [5.41, 5.74) is 0. The molecule has 0 aliphatic carbocycles. The Balaban J connectivity index is 3.81. The number of hydrogen-bond acceptors (Lipinski definition) is 3. The van der Waals surface area contributed by atoms with Crippen LogP contribution >= 0.6 is 0 Å². The first-order chi connectivity index (χ1) is 8.41. The summed E-state index contributed by atoms with van der Waals surface area (Å²) in [5.74, 6) is 0. The van der Waals surface area contributed by atoms with E-state index in [0.29, 0.717) is 0 Å². The minimum atomic E-state index is 1.44. The Bertz CT molecular complexity index is 418. The Morgan fingerprint density at radius 1 is 0.824 bits per heavy atom. The maximum absolute atomic E-state index is 8.11. The molecule has 17 heavy (non-hydrogen) atoms. The molecule has 0 heterocycles. The number of nitriles is 1. The molecule has 0 saturated heterocycles. The molecule has 0 radical (unpaired) electrons. The number of rotatable bonds is 6. The van der Waals surface area contributed by atoms with Crippen molar-refractivity contribution >= 4 is 88.8 Å². The van der Waals surface area contributed by atoms with Crippen LogP contribution in [0.25, 0.3) is 0 Å². The minimum absolute atomic E-state index is 1.44. The van der Waals surface area contributed by atoms with Crippen molar-refractivity contribution in [3.05, 3.63) is 0 Å². The van der Waals surface area contributed by atoms with Crippen LogP contribution in [0.1, 0.15) is 0 Å². The van der Waals surface area contributed by atoms with Gasteiger partial charge in [0, 0.05) is 0 Å². The summed E-state index contributed by atoms with van der Waals surface area (Å²) in [6.45, 7) is 21.6. The fourth-order valence-corrected chi connectivity index (χ4v) is 0.761. The summed E-state index contributed by atoms with van der Waals surface area (Å²) in [6, 6.07) is 0. The second-order valence-electron chi connectivity index (χ2n) is 2.67. The zero-order chi connectivity index (χ0) is 12.6. The van der Waals surface area contributed by atoms with Crippen LogP contribution in [0.2, 0.25) is 0 Å². The Hall–Kier alpha value is -0.0658. The van der Waals surface area contributed by atoms with E-state index >= 15 is 0 Å². The molecular weight excluding hydrogens is 195 g/mol. The summed E-state index contributed by atoms with van der Waals surface area (Å²) in [4.78, 5) is 7.28. The Labute approximate surface area is 110 Å². The van der Waals surface area contributed by atoms with Gasteiger partial charge >= 0.3 is 110 Å². The van der Waals surface area contributed by atoms with Gasteiger partial charge in [-0.25, -0.2) is 0 Å². The van der Waals surface area contributed by atoms with Gasteiger partial charge in [-0.1, -0.05) is 0 Å². The SMILES string of the molecule is BB=NB=BB=BB=BB=BB=BB=NC#N. The third kappa shape index (κ3) is 15.9. The summed E-state index contributed by atoms with van der Waals surface area (Å²) in [6.07, 6.45) is 1.66. The Morgan fingerprint density at radius 3 is 1.88 bits per heavy atom. The average Bonchev–Trinajstić information content (AvgIpc) is 2.35. The van der Waals surface area contributed by atoms with Crippen molar-refractivity contribution in [2.24, 2.45) is 9.70 Å². The summed E-state index contributed by atoms with van der Waals surface area (Å²) in [7, 11) is 1.87. The standard InChI is InChI=1S/CH2B13N3/c2-3-17-14-12-10-8-6-4-5-7-9-11-13-16-1-15/h2H2. The van der Waals surface area contributed by atoms with Crippen LogP contribution in [0.15, 0.2) is 9.70 Å². The second kappa shape index (κ2) is 15.9. The fraction of sp³-hybridized carbons (Fsp3) is 0. The van der Waals surface area contributed by atoms with Crippen molar-refractivity contribution in [1.82, 2.24) is 0 Å². The molecule has 0 aromatic carbocycles. The topological polar surface area (TPSA) is 48.5 Å². The predicted octanol–water partition coefficient (Wildman–Crippen LogP) is -5.10. The zero-order valence-electron chi connectivity index (χ0n) is 9.77. The zero-order valence-corrected chi connectivity index (χ0v) is 9.77. The van der Waals surface area contributed by atoms with Gasteiger partial charge in [-0.2, -0.15) is 0 Å². The molecule has 0 unspecified atom stereocenters. The quantitative estimate of drug-likeness (QED) is 0.310. The average molecular weight is 197 g/mol. The molecule has 60 valence electrons. The molecule has 16 heteroatoms. The van der Waals surface area contributed by atoms with Crippen molar-refractivity contribution in [1.29, 1.82) is 5.26 Å².